The van der Waals surface area contributed by atoms with E-state index in [0.717, 1.165) is 13.0 Å². The van der Waals surface area contributed by atoms with Gasteiger partial charge in [0.2, 0.25) is 0 Å². The number of rotatable bonds is 6. The Morgan fingerprint density at radius 3 is 2.44 bits per heavy atom. The van der Waals surface area contributed by atoms with Crippen LogP contribution in [0.5, 0.6) is 0 Å². The zero-order chi connectivity index (χ0) is 12.0. The fourth-order valence-corrected chi connectivity index (χ4v) is 1.74. The molecule has 0 spiro atoms. The summed E-state index contributed by atoms with van der Waals surface area (Å²) >= 11 is 0. The van der Waals surface area contributed by atoms with Gasteiger partial charge in [0.05, 0.1) is 0 Å². The van der Waals surface area contributed by atoms with E-state index in [1.165, 1.54) is 12.0 Å². The molecule has 0 aliphatic rings. The van der Waals surface area contributed by atoms with Crippen LogP contribution in [0.25, 0.3) is 0 Å². The SMILES string of the molecule is CCC(C)N(C)CCC(N)c1ccccc1. The second-order valence-electron chi connectivity index (χ2n) is 4.54. The topological polar surface area (TPSA) is 29.3 Å². The average Bonchev–Trinajstić information content (AvgIpc) is 2.35. The number of hydrogen-bond donors (Lipinski definition) is 1. The Balaban J connectivity index is 2.38. The molecule has 2 unspecified atom stereocenters. The smallest absolute Gasteiger partial charge is 0.0307 e. The van der Waals surface area contributed by atoms with Crippen molar-refractivity contribution in [3.63, 3.8) is 0 Å². The molecule has 0 bridgehead atoms. The van der Waals surface area contributed by atoms with Crippen LogP contribution in [0.2, 0.25) is 0 Å². The fraction of sp³-hybridized carbons (Fsp3) is 0.571. The number of hydrogen-bond acceptors (Lipinski definition) is 2. The lowest BCUT2D eigenvalue weighted by Crippen LogP contribution is -2.31. The van der Waals surface area contributed by atoms with Crippen molar-refractivity contribution in [2.75, 3.05) is 13.6 Å². The normalized spacial score (nSPS) is 15.1. The van der Waals surface area contributed by atoms with Crippen molar-refractivity contribution in [1.82, 2.24) is 4.90 Å². The van der Waals surface area contributed by atoms with Gasteiger partial charge in [-0.1, -0.05) is 37.3 Å². The van der Waals surface area contributed by atoms with Crippen LogP contribution in [0.15, 0.2) is 30.3 Å². The van der Waals surface area contributed by atoms with Crippen molar-refractivity contribution in [2.45, 2.75) is 38.8 Å². The van der Waals surface area contributed by atoms with Gasteiger partial charge in [-0.05, 0) is 38.9 Å². The van der Waals surface area contributed by atoms with Gasteiger partial charge < -0.3 is 10.6 Å². The molecule has 0 radical (unpaired) electrons. The molecule has 0 aliphatic carbocycles. The number of nitrogens with two attached hydrogens (primary N) is 1. The first-order valence-corrected chi connectivity index (χ1v) is 6.16. The van der Waals surface area contributed by atoms with Crippen LogP contribution in [0.4, 0.5) is 0 Å². The fourth-order valence-electron chi connectivity index (χ4n) is 1.74. The second kappa shape index (κ2) is 6.66. The predicted octanol–water partition coefficient (Wildman–Crippen LogP) is 2.81. The molecule has 0 aliphatic heterocycles. The van der Waals surface area contributed by atoms with Crippen molar-refractivity contribution in [2.24, 2.45) is 5.73 Å². The largest absolute Gasteiger partial charge is 0.324 e. The van der Waals surface area contributed by atoms with E-state index < -0.39 is 0 Å². The van der Waals surface area contributed by atoms with E-state index in [1.807, 2.05) is 18.2 Å². The van der Waals surface area contributed by atoms with Crippen LogP contribution in [-0.2, 0) is 0 Å². The molecule has 1 rings (SSSR count). The minimum Gasteiger partial charge on any atom is -0.324 e. The van der Waals surface area contributed by atoms with Crippen LogP contribution >= 0.6 is 0 Å². The van der Waals surface area contributed by atoms with Gasteiger partial charge in [-0.25, -0.2) is 0 Å². The van der Waals surface area contributed by atoms with E-state index in [0.29, 0.717) is 6.04 Å². The third-order valence-electron chi connectivity index (χ3n) is 3.36. The molecule has 0 fully saturated rings. The van der Waals surface area contributed by atoms with Crippen molar-refractivity contribution in [3.8, 4) is 0 Å². The molecule has 1 aromatic rings. The van der Waals surface area contributed by atoms with E-state index in [4.69, 9.17) is 5.73 Å². The summed E-state index contributed by atoms with van der Waals surface area (Å²) in [6.07, 6.45) is 2.21. The van der Waals surface area contributed by atoms with Crippen LogP contribution in [0.1, 0.15) is 38.3 Å². The summed E-state index contributed by atoms with van der Waals surface area (Å²) < 4.78 is 0. The minimum atomic E-state index is 0.160. The zero-order valence-corrected chi connectivity index (χ0v) is 10.7. The average molecular weight is 220 g/mol. The molecule has 2 heteroatoms. The lowest BCUT2D eigenvalue weighted by Gasteiger charge is -2.25. The highest BCUT2D eigenvalue weighted by molar-refractivity contribution is 5.18. The first-order valence-electron chi connectivity index (χ1n) is 6.16. The molecule has 1 aromatic carbocycles. The highest BCUT2D eigenvalue weighted by Crippen LogP contribution is 2.14. The first kappa shape index (κ1) is 13.2. The summed E-state index contributed by atoms with van der Waals surface area (Å²) in [4.78, 5) is 2.38. The Labute approximate surface area is 99.5 Å². The van der Waals surface area contributed by atoms with Gasteiger partial charge in [-0.2, -0.15) is 0 Å². The Morgan fingerprint density at radius 1 is 1.25 bits per heavy atom. The van der Waals surface area contributed by atoms with E-state index >= 15 is 0 Å². The highest BCUT2D eigenvalue weighted by Gasteiger charge is 2.10. The monoisotopic (exact) mass is 220 g/mol. The Bertz CT molecular complexity index is 284. The van der Waals surface area contributed by atoms with Crippen molar-refractivity contribution < 1.29 is 0 Å². The summed E-state index contributed by atoms with van der Waals surface area (Å²) in [5.41, 5.74) is 7.39. The minimum absolute atomic E-state index is 0.160. The Kier molecular flexibility index (Phi) is 5.50. The molecule has 0 amide bonds. The molecule has 2 nitrogen and oxygen atoms in total. The molecule has 0 heterocycles. The zero-order valence-electron chi connectivity index (χ0n) is 10.7. The molecule has 0 saturated heterocycles. The van der Waals surface area contributed by atoms with E-state index in [1.54, 1.807) is 0 Å². The maximum atomic E-state index is 6.16. The second-order valence-corrected chi connectivity index (χ2v) is 4.54. The van der Waals surface area contributed by atoms with Crippen LogP contribution in [-0.4, -0.2) is 24.5 Å². The summed E-state index contributed by atoms with van der Waals surface area (Å²) in [6.45, 7) is 5.54. The lowest BCUT2D eigenvalue weighted by molar-refractivity contribution is 0.243. The summed E-state index contributed by atoms with van der Waals surface area (Å²) in [5, 5.41) is 0. The first-order chi connectivity index (χ1) is 7.65. The third kappa shape index (κ3) is 3.95. The van der Waals surface area contributed by atoms with E-state index in [-0.39, 0.29) is 6.04 Å². The standard InChI is InChI=1S/C14H24N2/c1-4-12(2)16(3)11-10-14(15)13-8-6-5-7-9-13/h5-9,12,14H,4,10-11,15H2,1-3H3. The maximum absolute atomic E-state index is 6.16. The number of benzene rings is 1. The van der Waals surface area contributed by atoms with Crippen LogP contribution in [0.3, 0.4) is 0 Å². The van der Waals surface area contributed by atoms with Crippen molar-refractivity contribution >= 4 is 0 Å². The maximum Gasteiger partial charge on any atom is 0.0307 e. The highest BCUT2D eigenvalue weighted by atomic mass is 15.1. The number of nitrogens with zero attached hydrogens (tertiary/aromatic N) is 1. The van der Waals surface area contributed by atoms with Gasteiger partial charge in [0.15, 0.2) is 0 Å². The summed E-state index contributed by atoms with van der Waals surface area (Å²) in [7, 11) is 2.17. The van der Waals surface area contributed by atoms with Gasteiger partial charge >= 0.3 is 0 Å². The Morgan fingerprint density at radius 2 is 1.88 bits per heavy atom. The lowest BCUT2D eigenvalue weighted by atomic mass is 10.0. The van der Waals surface area contributed by atoms with Crippen molar-refractivity contribution in [1.29, 1.82) is 0 Å². The third-order valence-corrected chi connectivity index (χ3v) is 3.36. The van der Waals surface area contributed by atoms with Gasteiger partial charge in [-0.3, -0.25) is 0 Å². The van der Waals surface area contributed by atoms with E-state index in [2.05, 4.69) is 37.9 Å². The molecule has 90 valence electrons. The van der Waals surface area contributed by atoms with Gasteiger partial charge in [0.1, 0.15) is 0 Å². The van der Waals surface area contributed by atoms with E-state index in [9.17, 15) is 0 Å². The van der Waals surface area contributed by atoms with Gasteiger partial charge in [0, 0.05) is 12.1 Å². The summed E-state index contributed by atoms with van der Waals surface area (Å²) in [5.74, 6) is 0. The van der Waals surface area contributed by atoms with Crippen LogP contribution < -0.4 is 5.73 Å². The van der Waals surface area contributed by atoms with Crippen LogP contribution in [0, 0.1) is 0 Å². The molecule has 2 N–H and O–H groups in total. The molecule has 16 heavy (non-hydrogen) atoms. The quantitative estimate of drug-likeness (QED) is 0.798. The molecule has 0 saturated carbocycles. The van der Waals surface area contributed by atoms with Crippen molar-refractivity contribution in [3.05, 3.63) is 35.9 Å². The molecule has 2 atom stereocenters. The summed E-state index contributed by atoms with van der Waals surface area (Å²) in [6, 6.07) is 11.1. The molecule has 0 aromatic heterocycles. The van der Waals surface area contributed by atoms with Gasteiger partial charge in [-0.15, -0.1) is 0 Å². The predicted molar refractivity (Wildman–Crippen MR) is 70.4 cm³/mol. The molecular formula is C14H24N2. The Hall–Kier alpha value is -0.860. The molecular weight excluding hydrogens is 196 g/mol. The van der Waals surface area contributed by atoms with Gasteiger partial charge in [0.25, 0.3) is 0 Å².